The molecule has 0 bridgehead atoms. The Kier molecular flexibility index (Phi) is 9.03. The number of nitrogens with zero attached hydrogens (tertiary/aromatic N) is 1. The second-order valence-electron chi connectivity index (χ2n) is 6.22. The second kappa shape index (κ2) is 8.87. The van der Waals surface area contributed by atoms with E-state index < -0.39 is 0 Å². The quantitative estimate of drug-likeness (QED) is 0.679. The lowest BCUT2D eigenvalue weighted by molar-refractivity contribution is 0.0834. The van der Waals surface area contributed by atoms with Crippen molar-refractivity contribution in [3.05, 3.63) is 33.1 Å². The van der Waals surface area contributed by atoms with E-state index in [4.69, 9.17) is 0 Å². The van der Waals surface area contributed by atoms with E-state index in [-0.39, 0.29) is 42.1 Å². The maximum atomic E-state index is 14.3. The minimum atomic E-state index is -0.0844. The summed E-state index contributed by atoms with van der Waals surface area (Å²) in [5, 5.41) is 3.36. The van der Waals surface area contributed by atoms with Gasteiger partial charge in [0.05, 0.1) is 0 Å². The Bertz CT molecular complexity index is 446. The van der Waals surface area contributed by atoms with Crippen LogP contribution >= 0.6 is 47.4 Å². The van der Waals surface area contributed by atoms with Crippen LogP contribution in [0.4, 0.5) is 4.39 Å². The molecule has 2 nitrogen and oxygen atoms in total. The molecule has 1 aliphatic rings. The van der Waals surface area contributed by atoms with Crippen molar-refractivity contribution >= 4 is 47.4 Å². The van der Waals surface area contributed by atoms with Crippen molar-refractivity contribution in [2.24, 2.45) is 5.41 Å². The summed E-state index contributed by atoms with van der Waals surface area (Å²) >= 11 is 2.26. The molecule has 1 heterocycles. The van der Waals surface area contributed by atoms with Crippen molar-refractivity contribution in [2.75, 3.05) is 26.2 Å². The molecule has 2 rings (SSSR count). The monoisotopic (exact) mass is 448 g/mol. The number of hydrogen-bond donors (Lipinski definition) is 1. The van der Waals surface area contributed by atoms with Crippen LogP contribution in [0, 0.1) is 14.8 Å². The average Bonchev–Trinajstić information content (AvgIpc) is 2.33. The zero-order valence-electron chi connectivity index (χ0n) is 12.7. The molecule has 0 aromatic heterocycles. The summed E-state index contributed by atoms with van der Waals surface area (Å²) in [5.41, 5.74) is 0.851. The lowest BCUT2D eigenvalue weighted by atomic mass is 9.80. The SMILES string of the molecule is CC(C)(C)[C@H](c1cc(I)ccc1F)N1CCNCC1.Cl.Cl. The fourth-order valence-electron chi connectivity index (χ4n) is 2.88. The number of piperazine rings is 1. The van der Waals surface area contributed by atoms with Gasteiger partial charge in [-0.1, -0.05) is 20.8 Å². The number of halogens is 4. The fourth-order valence-corrected chi connectivity index (χ4v) is 3.39. The third-order valence-corrected chi connectivity index (χ3v) is 4.26. The van der Waals surface area contributed by atoms with Crippen LogP contribution in [0.15, 0.2) is 18.2 Å². The van der Waals surface area contributed by atoms with E-state index in [2.05, 4.69) is 53.6 Å². The molecule has 0 unspecified atom stereocenters. The Hall–Kier alpha value is 0.380. The Morgan fingerprint density at radius 3 is 2.29 bits per heavy atom. The van der Waals surface area contributed by atoms with E-state index >= 15 is 0 Å². The normalized spacial score (nSPS) is 17.6. The lowest BCUT2D eigenvalue weighted by Gasteiger charge is -2.42. The van der Waals surface area contributed by atoms with Crippen molar-refractivity contribution in [3.8, 4) is 0 Å². The zero-order valence-corrected chi connectivity index (χ0v) is 16.4. The van der Waals surface area contributed by atoms with E-state index in [0.717, 1.165) is 35.3 Å². The highest BCUT2D eigenvalue weighted by Gasteiger charge is 2.34. The molecule has 1 aliphatic heterocycles. The van der Waals surface area contributed by atoms with Crippen LogP contribution in [0.1, 0.15) is 32.4 Å². The standard InChI is InChI=1S/C15H22FIN2.2ClH/c1-15(2,3)14(19-8-6-18-7-9-19)12-10-11(17)4-5-13(12)16;;/h4-5,10,14,18H,6-9H2,1-3H3;2*1H/t14-;;/m0../s1. The minimum Gasteiger partial charge on any atom is -0.314 e. The Labute approximate surface area is 153 Å². The molecule has 1 aromatic carbocycles. The predicted octanol–water partition coefficient (Wildman–Crippen LogP) is 4.27. The van der Waals surface area contributed by atoms with Gasteiger partial charge in [-0.15, -0.1) is 24.8 Å². The van der Waals surface area contributed by atoms with Gasteiger partial charge >= 0.3 is 0 Å². The van der Waals surface area contributed by atoms with Gasteiger partial charge in [0.25, 0.3) is 0 Å². The number of nitrogens with one attached hydrogen (secondary N) is 1. The van der Waals surface area contributed by atoms with E-state index in [0.29, 0.717) is 0 Å². The van der Waals surface area contributed by atoms with Gasteiger partial charge in [-0.2, -0.15) is 0 Å². The largest absolute Gasteiger partial charge is 0.314 e. The highest BCUT2D eigenvalue weighted by molar-refractivity contribution is 14.1. The molecule has 1 N–H and O–H groups in total. The summed E-state index contributed by atoms with van der Waals surface area (Å²) in [5.74, 6) is -0.0844. The number of rotatable bonds is 2. The maximum Gasteiger partial charge on any atom is 0.128 e. The van der Waals surface area contributed by atoms with Crippen LogP contribution < -0.4 is 5.32 Å². The molecular weight excluding hydrogens is 425 g/mol. The summed E-state index contributed by atoms with van der Waals surface area (Å²) in [6, 6.07) is 5.55. The summed E-state index contributed by atoms with van der Waals surface area (Å²) in [6.45, 7) is 10.5. The smallest absolute Gasteiger partial charge is 0.128 e. The zero-order chi connectivity index (χ0) is 14.0. The van der Waals surface area contributed by atoms with Crippen LogP contribution in [0.2, 0.25) is 0 Å². The third-order valence-electron chi connectivity index (χ3n) is 3.59. The molecule has 1 aromatic rings. The fraction of sp³-hybridized carbons (Fsp3) is 0.600. The van der Waals surface area contributed by atoms with Crippen LogP contribution in [0.5, 0.6) is 0 Å². The summed E-state index contributed by atoms with van der Waals surface area (Å²) in [6.07, 6.45) is 0. The van der Waals surface area contributed by atoms with Crippen LogP contribution in [-0.4, -0.2) is 31.1 Å². The number of benzene rings is 1. The first-order valence-electron chi connectivity index (χ1n) is 6.79. The van der Waals surface area contributed by atoms with Gasteiger partial charge in [-0.05, 0) is 46.2 Å². The molecule has 1 fully saturated rings. The first-order valence-corrected chi connectivity index (χ1v) is 7.87. The number of hydrogen-bond acceptors (Lipinski definition) is 2. The highest BCUT2D eigenvalue weighted by Crippen LogP contribution is 2.39. The summed E-state index contributed by atoms with van der Waals surface area (Å²) in [7, 11) is 0. The van der Waals surface area contributed by atoms with Crippen LogP contribution in [0.25, 0.3) is 0 Å². The van der Waals surface area contributed by atoms with Gasteiger partial charge in [-0.3, -0.25) is 4.90 Å². The first-order chi connectivity index (χ1) is 8.89. The van der Waals surface area contributed by atoms with E-state index in [1.807, 2.05) is 12.1 Å². The third kappa shape index (κ3) is 5.50. The molecule has 0 spiro atoms. The van der Waals surface area contributed by atoms with Crippen molar-refractivity contribution in [2.45, 2.75) is 26.8 Å². The molecule has 0 radical (unpaired) electrons. The van der Waals surface area contributed by atoms with Crippen LogP contribution in [-0.2, 0) is 0 Å². The van der Waals surface area contributed by atoms with Gasteiger partial charge in [0, 0.05) is 41.4 Å². The molecular formula is C15H24Cl2FIN2. The minimum absolute atomic E-state index is 0. The molecule has 122 valence electrons. The van der Waals surface area contributed by atoms with Gasteiger partial charge in [0.2, 0.25) is 0 Å². The molecule has 1 saturated heterocycles. The summed E-state index contributed by atoms with van der Waals surface area (Å²) in [4.78, 5) is 2.41. The van der Waals surface area contributed by atoms with Gasteiger partial charge in [-0.25, -0.2) is 4.39 Å². The maximum absolute atomic E-state index is 14.3. The Morgan fingerprint density at radius 1 is 1.19 bits per heavy atom. The Morgan fingerprint density at radius 2 is 1.76 bits per heavy atom. The molecule has 21 heavy (non-hydrogen) atoms. The van der Waals surface area contributed by atoms with Crippen molar-refractivity contribution in [3.63, 3.8) is 0 Å². The second-order valence-corrected chi connectivity index (χ2v) is 7.47. The Balaban J connectivity index is 0.00000200. The topological polar surface area (TPSA) is 15.3 Å². The molecule has 0 saturated carbocycles. The predicted molar refractivity (Wildman–Crippen MR) is 100 cm³/mol. The van der Waals surface area contributed by atoms with E-state index in [9.17, 15) is 4.39 Å². The van der Waals surface area contributed by atoms with E-state index in [1.54, 1.807) is 6.07 Å². The van der Waals surface area contributed by atoms with Crippen molar-refractivity contribution in [1.29, 1.82) is 0 Å². The first kappa shape index (κ1) is 21.4. The molecule has 0 amide bonds. The van der Waals surface area contributed by atoms with Gasteiger partial charge in [0.1, 0.15) is 5.82 Å². The highest BCUT2D eigenvalue weighted by atomic mass is 127. The van der Waals surface area contributed by atoms with Crippen LogP contribution in [0.3, 0.4) is 0 Å². The average molecular weight is 449 g/mol. The van der Waals surface area contributed by atoms with Crippen molar-refractivity contribution in [1.82, 2.24) is 10.2 Å². The van der Waals surface area contributed by atoms with Crippen molar-refractivity contribution < 1.29 is 4.39 Å². The molecule has 0 aliphatic carbocycles. The van der Waals surface area contributed by atoms with Gasteiger partial charge < -0.3 is 5.32 Å². The lowest BCUT2D eigenvalue weighted by Crippen LogP contribution is -2.48. The summed E-state index contributed by atoms with van der Waals surface area (Å²) < 4.78 is 15.4. The molecule has 6 heteroatoms. The van der Waals surface area contributed by atoms with E-state index in [1.165, 1.54) is 0 Å². The molecule has 1 atom stereocenters. The van der Waals surface area contributed by atoms with Gasteiger partial charge in [0.15, 0.2) is 0 Å².